The third kappa shape index (κ3) is 9.72. The number of aliphatic hydroxyl groups excluding tert-OH is 2. The Morgan fingerprint density at radius 3 is 2.27 bits per heavy atom. The van der Waals surface area contributed by atoms with Crippen molar-refractivity contribution < 1.29 is 72.3 Å². The average molecular weight is 887 g/mol. The summed E-state index contributed by atoms with van der Waals surface area (Å²) in [6.07, 6.45) is 6.14. The molecule has 15 heteroatoms. The van der Waals surface area contributed by atoms with Crippen molar-refractivity contribution in [3.05, 3.63) is 59.3 Å². The molecule has 7 aliphatic rings. The highest BCUT2D eigenvalue weighted by molar-refractivity contribution is 5.97. The van der Waals surface area contributed by atoms with Crippen LogP contribution in [0.2, 0.25) is 0 Å². The number of hydrogen-bond donors (Lipinski definition) is 3. The summed E-state index contributed by atoms with van der Waals surface area (Å²) in [6.45, 7) is 15.7. The number of methoxy groups -OCH3 is 2. The fourth-order valence-corrected chi connectivity index (χ4v) is 10.5. The lowest BCUT2D eigenvalue weighted by atomic mass is 9.70. The van der Waals surface area contributed by atoms with E-state index in [9.17, 15) is 24.9 Å². The number of fused-ring (bicyclic) bond motifs is 2. The summed E-state index contributed by atoms with van der Waals surface area (Å²) in [7, 11) is 3.18. The number of aliphatic hydroxyl groups is 3. The second-order valence-electron chi connectivity index (χ2n) is 18.9. The largest absolute Gasteiger partial charge is 0.462 e. The molecule has 63 heavy (non-hydrogen) atoms. The topological polar surface area (TPSA) is 187 Å². The van der Waals surface area contributed by atoms with Crippen LogP contribution in [0.25, 0.3) is 0 Å². The lowest BCUT2D eigenvalue weighted by molar-refractivity contribution is -0.318. The fraction of sp³-hybridized carbons (Fsp3) is 0.750. The van der Waals surface area contributed by atoms with E-state index >= 15 is 0 Å². The molecule has 1 spiro atoms. The van der Waals surface area contributed by atoms with Gasteiger partial charge in [0.25, 0.3) is 0 Å². The minimum absolute atomic E-state index is 0.135. The first-order valence-corrected chi connectivity index (χ1v) is 22.9. The molecule has 0 amide bonds. The van der Waals surface area contributed by atoms with Gasteiger partial charge in [-0.25, -0.2) is 4.79 Å². The van der Waals surface area contributed by atoms with Crippen LogP contribution in [0.1, 0.15) is 93.9 Å². The molecule has 6 heterocycles. The number of carbonyl (C=O) groups is 2. The van der Waals surface area contributed by atoms with Gasteiger partial charge in [0, 0.05) is 51.7 Å². The van der Waals surface area contributed by atoms with E-state index < -0.39 is 109 Å². The first-order chi connectivity index (χ1) is 29.9. The third-order valence-electron chi connectivity index (χ3n) is 14.4. The van der Waals surface area contributed by atoms with Crippen molar-refractivity contribution in [3.63, 3.8) is 0 Å². The smallest absolute Gasteiger partial charge is 0.337 e. The summed E-state index contributed by atoms with van der Waals surface area (Å²) in [5.41, 5.74) is -1.10. The van der Waals surface area contributed by atoms with Crippen molar-refractivity contribution in [2.24, 2.45) is 23.7 Å². The van der Waals surface area contributed by atoms with Crippen LogP contribution in [0.4, 0.5) is 0 Å². The van der Waals surface area contributed by atoms with Crippen molar-refractivity contribution >= 4 is 11.9 Å². The molecule has 4 saturated heterocycles. The lowest BCUT2D eigenvalue weighted by Crippen LogP contribution is -2.58. The average Bonchev–Trinajstić information content (AvgIpc) is 3.51. The zero-order chi connectivity index (χ0) is 45.5. The number of rotatable bonds is 8. The molecule has 352 valence electrons. The second-order valence-corrected chi connectivity index (χ2v) is 18.9. The Balaban J connectivity index is 1.20. The van der Waals surface area contributed by atoms with Gasteiger partial charge in [-0.3, -0.25) is 4.79 Å². The van der Waals surface area contributed by atoms with Gasteiger partial charge in [-0.05, 0) is 63.3 Å². The predicted octanol–water partition coefficient (Wildman–Crippen LogP) is 4.90. The molecule has 0 saturated carbocycles. The van der Waals surface area contributed by atoms with E-state index in [2.05, 4.69) is 32.9 Å². The highest BCUT2D eigenvalue weighted by Crippen LogP contribution is 2.47. The summed E-state index contributed by atoms with van der Waals surface area (Å²) in [4.78, 5) is 27.9. The van der Waals surface area contributed by atoms with E-state index in [4.69, 9.17) is 47.4 Å². The summed E-state index contributed by atoms with van der Waals surface area (Å²) < 4.78 is 63.0. The summed E-state index contributed by atoms with van der Waals surface area (Å²) in [5, 5.41) is 34.1. The fourth-order valence-electron chi connectivity index (χ4n) is 10.5. The molecule has 15 nitrogen and oxygen atoms in total. The van der Waals surface area contributed by atoms with E-state index in [0.29, 0.717) is 31.3 Å². The van der Waals surface area contributed by atoms with Gasteiger partial charge < -0.3 is 62.7 Å². The van der Waals surface area contributed by atoms with Crippen molar-refractivity contribution in [2.45, 2.75) is 191 Å². The first kappa shape index (κ1) is 48.1. The number of allylic oxidation sites excluding steroid dienone is 2. The maximum absolute atomic E-state index is 14.3. The molecular formula is C48H70O15. The molecular weight excluding hydrogens is 817 g/mol. The molecule has 0 unspecified atom stereocenters. The Bertz CT molecular complexity index is 1810. The quantitative estimate of drug-likeness (QED) is 0.221. The van der Waals surface area contributed by atoms with Gasteiger partial charge in [0.05, 0.1) is 48.3 Å². The monoisotopic (exact) mass is 886 g/mol. The van der Waals surface area contributed by atoms with Crippen LogP contribution in [0.15, 0.2) is 59.3 Å². The highest BCUT2D eigenvalue weighted by Gasteiger charge is 2.64. The molecule has 0 aromatic rings. The van der Waals surface area contributed by atoms with Gasteiger partial charge in [-0.2, -0.15) is 0 Å². The van der Waals surface area contributed by atoms with Crippen molar-refractivity contribution in [3.8, 4) is 0 Å². The van der Waals surface area contributed by atoms with Crippen LogP contribution >= 0.6 is 0 Å². The van der Waals surface area contributed by atoms with Crippen molar-refractivity contribution in [1.29, 1.82) is 0 Å². The molecule has 20 atom stereocenters. The molecule has 2 bridgehead atoms. The molecule has 4 fully saturated rings. The zero-order valence-corrected chi connectivity index (χ0v) is 38.4. The van der Waals surface area contributed by atoms with Crippen LogP contribution in [-0.2, 0) is 57.0 Å². The van der Waals surface area contributed by atoms with Gasteiger partial charge in [0.15, 0.2) is 30.1 Å². The first-order valence-electron chi connectivity index (χ1n) is 22.9. The SMILES string of the molecule is CC[C@H](C)[C@H]1O[C@]2(C=C[C@@H]1C)C[C@@H]1C[C@@H](C/C=C(/C)[C@@H](O[C@H]3C[C@H](OC)[C@@H](O[C@H]4C[C@H](OC)[C@@H](O)[C@H](C)O4)[C@H](C)O3)[C@@H](C)/C=C\C=C3C(=O)O[C@@H]4[C@H](O)C(C)=C[C@@H](C(=O)O1)[C@]34O)O2. The van der Waals surface area contributed by atoms with Crippen LogP contribution < -0.4 is 0 Å². The minimum Gasteiger partial charge on any atom is -0.462 e. The van der Waals surface area contributed by atoms with Gasteiger partial charge in [0.1, 0.15) is 30.3 Å². The van der Waals surface area contributed by atoms with Gasteiger partial charge >= 0.3 is 11.9 Å². The van der Waals surface area contributed by atoms with E-state index in [1.54, 1.807) is 34.1 Å². The van der Waals surface area contributed by atoms with Crippen LogP contribution in [0.3, 0.4) is 0 Å². The summed E-state index contributed by atoms with van der Waals surface area (Å²) in [5.74, 6) is -4.04. The van der Waals surface area contributed by atoms with E-state index in [-0.39, 0.29) is 35.9 Å². The van der Waals surface area contributed by atoms with Gasteiger partial charge in [0.2, 0.25) is 0 Å². The minimum atomic E-state index is -2.21. The normalized spacial score (nSPS) is 47.6. The van der Waals surface area contributed by atoms with E-state index in [1.165, 1.54) is 12.2 Å². The Kier molecular flexibility index (Phi) is 15.0. The van der Waals surface area contributed by atoms with Crippen LogP contribution in [0, 0.1) is 23.7 Å². The standard InChI is InChI=1S/C48H70O15/c1-11-24(2)42-27(5)17-18-47(63-42)23-32-20-31(62-47)16-15-26(4)41(59-38-22-36(55-10)43(30(8)57-38)60-37-21-35(54-9)40(50)29(7)56-37)25(3)13-12-14-33-45(51)61-44-39(49)28(6)19-34(46(52)58-32)48(33,44)53/h12-15,17-19,24-25,27,29-32,34-44,49-50,53H,11,16,20-23H2,1-10H3/b13-12-,26-15-,33-14?/t24-,25-,27-,29-,30-,31+,32-,34-,35-,36-,37-,38-,39+,40-,41-,42+,43-,44+,47+,48+/m0/s1. The Morgan fingerprint density at radius 2 is 1.56 bits per heavy atom. The second kappa shape index (κ2) is 19.6. The van der Waals surface area contributed by atoms with Crippen LogP contribution in [-0.4, -0.2) is 139 Å². The number of esters is 2. The van der Waals surface area contributed by atoms with Crippen molar-refractivity contribution in [1.82, 2.24) is 0 Å². The number of carbonyl (C=O) groups excluding carboxylic acids is 2. The van der Waals surface area contributed by atoms with Crippen LogP contribution in [0.5, 0.6) is 0 Å². The maximum Gasteiger partial charge on any atom is 0.337 e. The molecule has 0 aromatic heterocycles. The Hall–Kier alpha value is -2.80. The molecule has 0 radical (unpaired) electrons. The number of ether oxygens (including phenoxy) is 10. The number of hydrogen-bond acceptors (Lipinski definition) is 15. The third-order valence-corrected chi connectivity index (χ3v) is 14.4. The van der Waals surface area contributed by atoms with E-state index in [1.807, 2.05) is 32.9 Å². The highest BCUT2D eigenvalue weighted by atomic mass is 16.7. The maximum atomic E-state index is 14.3. The molecule has 3 N–H and O–H groups in total. The Labute approximate surface area is 371 Å². The summed E-state index contributed by atoms with van der Waals surface area (Å²) >= 11 is 0. The zero-order valence-electron chi connectivity index (χ0n) is 38.4. The molecule has 1 aliphatic carbocycles. The lowest BCUT2D eigenvalue weighted by Gasteiger charge is -2.48. The predicted molar refractivity (Wildman–Crippen MR) is 227 cm³/mol. The van der Waals surface area contributed by atoms with Crippen molar-refractivity contribution in [2.75, 3.05) is 14.2 Å². The Morgan fingerprint density at radius 1 is 0.857 bits per heavy atom. The molecule has 7 rings (SSSR count). The molecule has 0 aromatic carbocycles. The van der Waals surface area contributed by atoms with E-state index in [0.717, 1.165) is 12.0 Å². The summed E-state index contributed by atoms with van der Waals surface area (Å²) in [6, 6.07) is 0. The van der Waals surface area contributed by atoms with Gasteiger partial charge in [-0.15, -0.1) is 0 Å². The van der Waals surface area contributed by atoms with Gasteiger partial charge in [-0.1, -0.05) is 64.5 Å². The molecule has 6 aliphatic heterocycles.